The summed E-state index contributed by atoms with van der Waals surface area (Å²) in [4.78, 5) is 0. The summed E-state index contributed by atoms with van der Waals surface area (Å²) >= 11 is 0. The molecule has 0 N–H and O–H groups in total. The average molecular weight is 1380 g/mol. The Kier molecular flexibility index (Phi) is 27.6. The van der Waals surface area contributed by atoms with Crippen LogP contribution in [0, 0.1) is 34.5 Å². The van der Waals surface area contributed by atoms with Crippen LogP contribution in [-0.4, -0.2) is 117 Å². The second-order valence-corrected chi connectivity index (χ2v) is 32.2. The van der Waals surface area contributed by atoms with Gasteiger partial charge in [-0.15, -0.1) is 0 Å². The van der Waals surface area contributed by atoms with Gasteiger partial charge in [-0.2, -0.15) is 52.7 Å². The number of ether oxygens (including phenoxy) is 6. The Bertz CT molecular complexity index is 2540. The smallest absolute Gasteiger partial charge is 0.429 e. The molecule has 518 valence electrons. The van der Waals surface area contributed by atoms with Crippen molar-refractivity contribution < 1.29 is 85.5 Å². The number of unbranched alkanes of at least 4 members (excludes halogenated alkanes) is 8. The van der Waals surface area contributed by atoms with Crippen LogP contribution in [0.4, 0.5) is 57.1 Å². The fourth-order valence-corrected chi connectivity index (χ4v) is 20.0. The third-order valence-electron chi connectivity index (χ3n) is 21.3. The summed E-state index contributed by atoms with van der Waals surface area (Å²) in [6.45, 7) is 1.46. The lowest BCUT2D eigenvalue weighted by molar-refractivity contribution is -0.384. The molecule has 0 amide bonds. The SMILES string of the molecule is CC12CCC3c4ccc(OCCSSCCCCCC/C=C\CCCCCCSSCCOc5ccc6c(c5)CCC5C6CCC6(C)C(OCCCOC(CF)(C(F)(F)F)C(F)(F)F)CCC56)cc4CCC3C1CCC2OCCCOC(C)(C(F)(F)F)C(F)(F)F. The molecule has 0 heterocycles. The first-order valence-electron chi connectivity index (χ1n) is 33.3. The van der Waals surface area contributed by atoms with E-state index in [2.05, 4.69) is 71.9 Å². The van der Waals surface area contributed by atoms with Gasteiger partial charge < -0.3 is 28.4 Å². The zero-order valence-electron chi connectivity index (χ0n) is 53.0. The van der Waals surface area contributed by atoms with E-state index in [1.54, 1.807) is 0 Å². The van der Waals surface area contributed by atoms with Crippen LogP contribution in [0.5, 0.6) is 11.5 Å². The van der Waals surface area contributed by atoms with E-state index >= 15 is 0 Å². The molecule has 0 aromatic heterocycles. The van der Waals surface area contributed by atoms with E-state index in [1.807, 2.05) is 43.2 Å². The van der Waals surface area contributed by atoms with E-state index < -0.39 is 55.8 Å². The lowest BCUT2D eigenvalue weighted by Crippen LogP contribution is -2.60. The first-order valence-corrected chi connectivity index (χ1v) is 38.2. The van der Waals surface area contributed by atoms with Crippen LogP contribution >= 0.6 is 43.2 Å². The van der Waals surface area contributed by atoms with E-state index in [0.29, 0.717) is 48.7 Å². The number of hydrogen-bond donors (Lipinski definition) is 0. The zero-order valence-corrected chi connectivity index (χ0v) is 56.2. The molecule has 2 aromatic carbocycles. The van der Waals surface area contributed by atoms with Crippen molar-refractivity contribution in [3.05, 3.63) is 70.8 Å². The van der Waals surface area contributed by atoms with Gasteiger partial charge in [0.2, 0.25) is 0 Å². The molecular weight excluding hydrogens is 1290 g/mol. The lowest BCUT2D eigenvalue weighted by Gasteiger charge is -2.50. The molecule has 4 fully saturated rings. The predicted molar refractivity (Wildman–Crippen MR) is 340 cm³/mol. The van der Waals surface area contributed by atoms with Crippen LogP contribution in [0.15, 0.2) is 48.6 Å². The Morgan fingerprint density at radius 3 is 1.30 bits per heavy atom. The molecule has 0 saturated heterocycles. The van der Waals surface area contributed by atoms with E-state index in [9.17, 15) is 57.1 Å². The Hall–Kier alpha value is -1.89. The van der Waals surface area contributed by atoms with Crippen molar-refractivity contribution in [2.45, 2.75) is 235 Å². The number of fused-ring (bicyclic) bond motifs is 10. The quantitative estimate of drug-likeness (QED) is 0.0283. The number of hydrogen-bond acceptors (Lipinski definition) is 10. The lowest BCUT2D eigenvalue weighted by atomic mass is 9.55. The van der Waals surface area contributed by atoms with Crippen LogP contribution in [0.2, 0.25) is 0 Å². The largest absolute Gasteiger partial charge is 0.493 e. The third kappa shape index (κ3) is 18.5. The summed E-state index contributed by atoms with van der Waals surface area (Å²) in [6.07, 6.45) is 4.99. The molecule has 23 heteroatoms. The topological polar surface area (TPSA) is 55.4 Å². The zero-order chi connectivity index (χ0) is 65.6. The van der Waals surface area contributed by atoms with Crippen molar-refractivity contribution in [2.75, 3.05) is 69.3 Å². The normalized spacial score (nSPS) is 26.9. The van der Waals surface area contributed by atoms with Gasteiger partial charge in [0.05, 0.1) is 38.6 Å². The Labute approximate surface area is 546 Å². The fourth-order valence-electron chi connectivity index (χ4n) is 16.1. The Morgan fingerprint density at radius 1 is 0.462 bits per heavy atom. The van der Waals surface area contributed by atoms with Crippen LogP contribution in [0.1, 0.15) is 196 Å². The molecule has 0 aliphatic heterocycles. The molecule has 6 aliphatic rings. The maximum atomic E-state index is 13.3. The van der Waals surface area contributed by atoms with Crippen molar-refractivity contribution in [3.8, 4) is 11.5 Å². The van der Waals surface area contributed by atoms with Crippen molar-refractivity contribution in [3.63, 3.8) is 0 Å². The molecule has 10 atom stereocenters. The van der Waals surface area contributed by atoms with E-state index in [1.165, 1.54) is 73.6 Å². The first kappa shape index (κ1) is 74.9. The monoisotopic (exact) mass is 1380 g/mol. The molecule has 6 aliphatic carbocycles. The highest BCUT2D eigenvalue weighted by molar-refractivity contribution is 8.77. The molecule has 0 bridgehead atoms. The van der Waals surface area contributed by atoms with Gasteiger partial charge in [-0.3, -0.25) is 0 Å². The first-order chi connectivity index (χ1) is 43.3. The van der Waals surface area contributed by atoms with Crippen molar-refractivity contribution in [1.29, 1.82) is 0 Å². The van der Waals surface area contributed by atoms with Gasteiger partial charge in [0.1, 0.15) is 18.2 Å². The van der Waals surface area contributed by atoms with Gasteiger partial charge in [0.25, 0.3) is 11.2 Å². The number of alkyl halides is 13. The predicted octanol–water partition coefficient (Wildman–Crippen LogP) is 21.4. The summed E-state index contributed by atoms with van der Waals surface area (Å²) < 4.78 is 205. The molecule has 10 unspecified atom stereocenters. The van der Waals surface area contributed by atoms with Crippen molar-refractivity contribution >= 4 is 43.2 Å². The van der Waals surface area contributed by atoms with Gasteiger partial charge in [0.15, 0.2) is 0 Å². The number of halogens is 13. The van der Waals surface area contributed by atoms with Gasteiger partial charge in [-0.25, -0.2) is 4.39 Å². The van der Waals surface area contributed by atoms with Gasteiger partial charge in [0, 0.05) is 36.2 Å². The molecule has 4 saturated carbocycles. The third-order valence-corrected chi connectivity index (χ3v) is 26.2. The number of aryl methyl sites for hydroxylation is 2. The Balaban J connectivity index is 0.579. The summed E-state index contributed by atoms with van der Waals surface area (Å²) in [5.74, 6) is 8.68. The van der Waals surface area contributed by atoms with Crippen molar-refractivity contribution in [2.24, 2.45) is 34.5 Å². The van der Waals surface area contributed by atoms with Crippen molar-refractivity contribution in [1.82, 2.24) is 0 Å². The van der Waals surface area contributed by atoms with Gasteiger partial charge in [-0.05, 0) is 228 Å². The maximum absolute atomic E-state index is 13.3. The second-order valence-electron chi connectivity index (χ2n) is 26.8. The second kappa shape index (κ2) is 33.6. The van der Waals surface area contributed by atoms with Crippen LogP contribution in [-0.2, 0) is 31.8 Å². The highest BCUT2D eigenvalue weighted by atomic mass is 33.1. The molecule has 0 spiro atoms. The maximum Gasteiger partial charge on any atom is 0.429 e. The van der Waals surface area contributed by atoms with Gasteiger partial charge in [-0.1, -0.05) is 107 Å². The van der Waals surface area contributed by atoms with Crippen LogP contribution in [0.25, 0.3) is 0 Å². The van der Waals surface area contributed by atoms with E-state index in [-0.39, 0.29) is 56.0 Å². The molecule has 6 nitrogen and oxygen atoms in total. The van der Waals surface area contributed by atoms with Crippen LogP contribution < -0.4 is 9.47 Å². The highest BCUT2D eigenvalue weighted by Crippen LogP contribution is 2.63. The summed E-state index contributed by atoms with van der Waals surface area (Å²) in [5, 5.41) is 0. The number of allylic oxidation sites excluding steroid dienone is 2. The minimum atomic E-state index is -5.94. The molecule has 8 rings (SSSR count). The van der Waals surface area contributed by atoms with Crippen LogP contribution in [0.3, 0.4) is 0 Å². The summed E-state index contributed by atoms with van der Waals surface area (Å²) in [5.41, 5.74) is -3.74. The molecule has 2 aromatic rings. The minimum absolute atomic E-state index is 0.0376. The summed E-state index contributed by atoms with van der Waals surface area (Å²) in [6, 6.07) is 13.1. The summed E-state index contributed by atoms with van der Waals surface area (Å²) in [7, 11) is 7.59. The molecular formula is C68H95F13O6S4. The average Bonchev–Trinajstić information content (AvgIpc) is 1.68. The van der Waals surface area contributed by atoms with Gasteiger partial charge >= 0.3 is 24.7 Å². The standard InChI is InChI=1S/C68H95F13O6S4/c1-61-32-30-53-51-24-20-49(44-47(51)18-22-55(53)57(61)26-28-59(61)84-34-16-36-86-63(3,65(70,71)72)66(73,74)75)82-38-42-90-88-40-14-12-10-8-6-4-5-7-9-11-13-15-41-89-91-43-39-83-50-21-25-52-48(45-50)19-23-56-54(52)31-33-62(2)58(56)27-29-60(62)85-35-17-37-87-64(46-69,67(76,77)78)68(79,80)81/h4-5,20-21,24-25,44-45,53-60H,6-19,22-23,26-43,46H2,1-3H3/b5-4-. The number of benzene rings is 2. The minimum Gasteiger partial charge on any atom is -0.493 e. The van der Waals surface area contributed by atoms with E-state index in [4.69, 9.17) is 18.9 Å². The number of rotatable bonds is 37. The Morgan fingerprint density at radius 2 is 0.879 bits per heavy atom. The molecule has 91 heavy (non-hydrogen) atoms. The fraction of sp³-hybridized carbons (Fsp3) is 0.794. The molecule has 0 radical (unpaired) electrons. The van der Waals surface area contributed by atoms with E-state index in [0.717, 1.165) is 124 Å². The highest BCUT2D eigenvalue weighted by Gasteiger charge is 2.73.